The van der Waals surface area contributed by atoms with Crippen LogP contribution in [0.15, 0.2) is 12.4 Å². The molecule has 15 heavy (non-hydrogen) atoms. The summed E-state index contributed by atoms with van der Waals surface area (Å²) < 4.78 is 14.0. The van der Waals surface area contributed by atoms with Gasteiger partial charge in [0.15, 0.2) is 0 Å². The lowest BCUT2D eigenvalue weighted by Crippen LogP contribution is -2.45. The fourth-order valence-corrected chi connectivity index (χ4v) is 2.24. The van der Waals surface area contributed by atoms with Crippen LogP contribution < -0.4 is 5.46 Å². The lowest BCUT2D eigenvalue weighted by Gasteiger charge is -2.36. The first kappa shape index (κ1) is 9.42. The SMILES string of the molecule is CC1(C)OB2OC1(C)CCn1cc2cn1. The summed E-state index contributed by atoms with van der Waals surface area (Å²) in [5.41, 5.74) is 0.563. The first-order valence-electron chi connectivity index (χ1n) is 5.38. The van der Waals surface area contributed by atoms with Crippen LogP contribution in [0.4, 0.5) is 0 Å². The Hall–Kier alpha value is -0.805. The number of rotatable bonds is 0. The second kappa shape index (κ2) is 2.65. The molecular formula is C10H15BN2O2. The van der Waals surface area contributed by atoms with E-state index in [1.807, 2.05) is 17.1 Å². The highest BCUT2D eigenvalue weighted by atomic mass is 16.7. The zero-order valence-electron chi connectivity index (χ0n) is 9.36. The van der Waals surface area contributed by atoms with Crippen LogP contribution in [0.2, 0.25) is 0 Å². The number of nitrogens with zero attached hydrogens (tertiary/aromatic N) is 2. The minimum atomic E-state index is -0.251. The Labute approximate surface area is 89.7 Å². The van der Waals surface area contributed by atoms with E-state index < -0.39 is 0 Å². The standard InChI is InChI=1S/C10H15BN2O2/c1-9(2)10(3)4-5-13-7-8(6-12-13)11(14-9)15-10/h6-7H,4-5H2,1-3H3. The Morgan fingerprint density at radius 1 is 1.40 bits per heavy atom. The Balaban J connectivity index is 2.07. The van der Waals surface area contributed by atoms with Crippen LogP contribution in [0.5, 0.6) is 0 Å². The normalized spacial score (nSPS) is 32.6. The van der Waals surface area contributed by atoms with Crippen LogP contribution in [0.1, 0.15) is 27.2 Å². The zero-order chi connectivity index (χ0) is 10.7. The summed E-state index contributed by atoms with van der Waals surface area (Å²) in [4.78, 5) is 0. The van der Waals surface area contributed by atoms with Gasteiger partial charge in [-0.1, -0.05) is 0 Å². The molecule has 1 unspecified atom stereocenters. The van der Waals surface area contributed by atoms with E-state index >= 15 is 0 Å². The van der Waals surface area contributed by atoms with Crippen LogP contribution in [-0.4, -0.2) is 28.1 Å². The van der Waals surface area contributed by atoms with E-state index in [1.54, 1.807) is 0 Å². The van der Waals surface area contributed by atoms with Gasteiger partial charge in [-0.2, -0.15) is 5.10 Å². The molecule has 0 N–H and O–H groups in total. The van der Waals surface area contributed by atoms with Crippen LogP contribution in [0.25, 0.3) is 0 Å². The van der Waals surface area contributed by atoms with E-state index in [4.69, 9.17) is 9.31 Å². The van der Waals surface area contributed by atoms with Crippen molar-refractivity contribution in [3.8, 4) is 0 Å². The van der Waals surface area contributed by atoms with Crippen LogP contribution in [0, 0.1) is 0 Å². The molecule has 3 heterocycles. The van der Waals surface area contributed by atoms with E-state index in [0.717, 1.165) is 18.4 Å². The van der Waals surface area contributed by atoms with Crippen molar-refractivity contribution in [2.75, 3.05) is 0 Å². The first-order chi connectivity index (χ1) is 7.00. The molecule has 1 saturated heterocycles. The highest BCUT2D eigenvalue weighted by Crippen LogP contribution is 2.40. The maximum Gasteiger partial charge on any atom is 0.498 e. The average molecular weight is 206 g/mol. The van der Waals surface area contributed by atoms with Crippen molar-refractivity contribution in [1.82, 2.24) is 9.78 Å². The molecule has 1 atom stereocenters. The molecule has 0 spiro atoms. The maximum atomic E-state index is 6.03. The highest BCUT2D eigenvalue weighted by Gasteiger charge is 2.55. The van der Waals surface area contributed by atoms with Gasteiger partial charge in [0, 0.05) is 24.4 Å². The molecule has 4 nitrogen and oxygen atoms in total. The predicted molar refractivity (Wildman–Crippen MR) is 56.9 cm³/mol. The number of fused-ring (bicyclic) bond motifs is 5. The second-order valence-electron chi connectivity index (χ2n) is 5.10. The third-order valence-corrected chi connectivity index (χ3v) is 3.79. The van der Waals surface area contributed by atoms with Gasteiger partial charge in [-0.05, 0) is 27.2 Å². The van der Waals surface area contributed by atoms with E-state index in [0.29, 0.717) is 0 Å². The van der Waals surface area contributed by atoms with Crippen LogP contribution >= 0.6 is 0 Å². The molecule has 80 valence electrons. The van der Waals surface area contributed by atoms with Crippen molar-refractivity contribution in [3.05, 3.63) is 12.4 Å². The highest BCUT2D eigenvalue weighted by molar-refractivity contribution is 6.62. The molecule has 3 rings (SSSR count). The van der Waals surface area contributed by atoms with Gasteiger partial charge in [-0.3, -0.25) is 4.68 Å². The van der Waals surface area contributed by atoms with Crippen molar-refractivity contribution in [3.63, 3.8) is 0 Å². The molecule has 0 aliphatic carbocycles. The Morgan fingerprint density at radius 2 is 2.20 bits per heavy atom. The van der Waals surface area contributed by atoms with Crippen LogP contribution in [0.3, 0.4) is 0 Å². The summed E-state index contributed by atoms with van der Waals surface area (Å²) in [6, 6.07) is 0. The zero-order valence-corrected chi connectivity index (χ0v) is 9.36. The van der Waals surface area contributed by atoms with Crippen molar-refractivity contribution >= 4 is 12.6 Å². The lowest BCUT2D eigenvalue weighted by atomic mass is 9.81. The van der Waals surface area contributed by atoms with Gasteiger partial charge in [0.1, 0.15) is 0 Å². The van der Waals surface area contributed by atoms with Gasteiger partial charge in [0.25, 0.3) is 0 Å². The van der Waals surface area contributed by atoms with E-state index in [9.17, 15) is 0 Å². The summed E-state index contributed by atoms with van der Waals surface area (Å²) in [6.07, 6.45) is 4.76. The molecule has 0 aromatic carbocycles. The van der Waals surface area contributed by atoms with Gasteiger partial charge in [-0.25, -0.2) is 0 Å². The maximum absolute atomic E-state index is 6.03. The molecule has 4 bridgehead atoms. The van der Waals surface area contributed by atoms with Gasteiger partial charge >= 0.3 is 7.12 Å². The summed E-state index contributed by atoms with van der Waals surface area (Å²) in [5, 5.41) is 4.27. The van der Waals surface area contributed by atoms with E-state index in [1.165, 1.54) is 0 Å². The summed E-state index contributed by atoms with van der Waals surface area (Å²) in [6.45, 7) is 7.20. The Kier molecular flexibility index (Phi) is 1.67. The fraction of sp³-hybridized carbons (Fsp3) is 0.700. The molecule has 2 aliphatic heterocycles. The van der Waals surface area contributed by atoms with E-state index in [2.05, 4.69) is 25.9 Å². The minimum Gasteiger partial charge on any atom is -0.399 e. The third-order valence-electron chi connectivity index (χ3n) is 3.79. The quantitative estimate of drug-likeness (QED) is 0.582. The summed E-state index contributed by atoms with van der Waals surface area (Å²) in [7, 11) is -0.251. The van der Waals surface area contributed by atoms with Gasteiger partial charge < -0.3 is 9.31 Å². The average Bonchev–Trinajstić information content (AvgIpc) is 2.68. The topological polar surface area (TPSA) is 36.3 Å². The number of aryl methyl sites for hydroxylation is 1. The molecular weight excluding hydrogens is 191 g/mol. The largest absolute Gasteiger partial charge is 0.498 e. The Morgan fingerprint density at radius 3 is 3.00 bits per heavy atom. The predicted octanol–water partition coefficient (Wildman–Crippen LogP) is 0.566. The van der Waals surface area contributed by atoms with Gasteiger partial charge in [0.2, 0.25) is 0 Å². The molecule has 5 heteroatoms. The van der Waals surface area contributed by atoms with Crippen LogP contribution in [-0.2, 0) is 15.9 Å². The van der Waals surface area contributed by atoms with Gasteiger partial charge in [-0.15, -0.1) is 0 Å². The molecule has 0 amide bonds. The van der Waals surface area contributed by atoms with Gasteiger partial charge in [0.05, 0.1) is 11.2 Å². The van der Waals surface area contributed by atoms with Crippen molar-refractivity contribution in [1.29, 1.82) is 0 Å². The lowest BCUT2D eigenvalue weighted by molar-refractivity contribution is -0.0190. The molecule has 1 aromatic heterocycles. The second-order valence-corrected chi connectivity index (χ2v) is 5.10. The van der Waals surface area contributed by atoms with Crippen molar-refractivity contribution in [2.45, 2.75) is 44.9 Å². The molecule has 0 radical (unpaired) electrons. The van der Waals surface area contributed by atoms with E-state index in [-0.39, 0.29) is 18.3 Å². The Bertz CT molecular complexity index is 404. The summed E-state index contributed by atoms with van der Waals surface area (Å²) >= 11 is 0. The smallest absolute Gasteiger partial charge is 0.399 e. The third kappa shape index (κ3) is 1.20. The molecule has 2 aliphatic rings. The molecule has 0 saturated carbocycles. The first-order valence-corrected chi connectivity index (χ1v) is 5.38. The molecule has 1 aromatic rings. The monoisotopic (exact) mass is 206 g/mol. The number of hydrogen-bond acceptors (Lipinski definition) is 3. The fourth-order valence-electron chi connectivity index (χ4n) is 2.24. The van der Waals surface area contributed by atoms with Crippen molar-refractivity contribution < 1.29 is 9.31 Å². The van der Waals surface area contributed by atoms with Crippen molar-refractivity contribution in [2.24, 2.45) is 0 Å². The number of hydrogen-bond donors (Lipinski definition) is 0. The number of aromatic nitrogens is 2. The minimum absolute atomic E-state index is 0.219. The summed E-state index contributed by atoms with van der Waals surface area (Å²) in [5.74, 6) is 0. The molecule has 1 fully saturated rings.